The Morgan fingerprint density at radius 1 is 1.29 bits per heavy atom. The van der Waals surface area contributed by atoms with Gasteiger partial charge in [0.05, 0.1) is 0 Å². The third-order valence-corrected chi connectivity index (χ3v) is 1.72. The van der Waals surface area contributed by atoms with Crippen LogP contribution >= 0.6 is 0 Å². The lowest BCUT2D eigenvalue weighted by Crippen LogP contribution is -2.21. The minimum Gasteiger partial charge on any atom is -0.146 e. The first-order valence-electron chi connectivity index (χ1n) is 2.50. The van der Waals surface area contributed by atoms with E-state index >= 15 is 0 Å². The molecule has 0 spiro atoms. The van der Waals surface area contributed by atoms with Gasteiger partial charge in [0, 0.05) is 13.8 Å². The number of rotatable bonds is 0. The molecule has 2 heteroatoms. The van der Waals surface area contributed by atoms with E-state index in [2.05, 4.69) is 13.8 Å². The van der Waals surface area contributed by atoms with E-state index in [1.807, 2.05) is 14.1 Å². The molecule has 1 rings (SSSR count). The van der Waals surface area contributed by atoms with Crippen LogP contribution in [0, 0.1) is 0 Å². The third-order valence-electron chi connectivity index (χ3n) is 1.72. The van der Waals surface area contributed by atoms with Crippen LogP contribution in [0.4, 0.5) is 0 Å². The molecule has 7 heavy (non-hydrogen) atoms. The second kappa shape index (κ2) is 0.858. The topological polar surface area (TPSA) is 12.5 Å². The number of quaternary nitrogens is 1. The molecular weight excluding hydrogens is 90.1 g/mol. The summed E-state index contributed by atoms with van der Waals surface area (Å²) in [5.41, 5.74) is 0.0833. The van der Waals surface area contributed by atoms with Gasteiger partial charge in [0.25, 0.3) is 5.72 Å². The van der Waals surface area contributed by atoms with Crippen LogP contribution in [-0.2, 0) is 4.84 Å². The summed E-state index contributed by atoms with van der Waals surface area (Å²) in [6.45, 7) is 4.15. The lowest BCUT2D eigenvalue weighted by Gasteiger charge is -1.96. The van der Waals surface area contributed by atoms with Crippen LogP contribution in [0.5, 0.6) is 0 Å². The number of hydrogen-bond acceptors (Lipinski definition) is 1. The molecule has 0 N–H and O–H groups in total. The van der Waals surface area contributed by atoms with Crippen molar-refractivity contribution in [2.75, 3.05) is 14.1 Å². The maximum absolute atomic E-state index is 5.23. The van der Waals surface area contributed by atoms with Crippen LogP contribution in [0.1, 0.15) is 13.8 Å². The normalized spacial score (nSPS) is 32.6. The first-order valence-corrected chi connectivity index (χ1v) is 2.50. The van der Waals surface area contributed by atoms with E-state index in [9.17, 15) is 0 Å². The Hall–Kier alpha value is -0.0800. The zero-order valence-electron chi connectivity index (χ0n) is 5.36. The van der Waals surface area contributed by atoms with E-state index < -0.39 is 0 Å². The lowest BCUT2D eigenvalue weighted by atomic mass is 10.3. The summed E-state index contributed by atoms with van der Waals surface area (Å²) in [7, 11) is 4.08. The predicted molar refractivity (Wildman–Crippen MR) is 27.3 cm³/mol. The smallest absolute Gasteiger partial charge is 0.146 e. The van der Waals surface area contributed by atoms with Crippen molar-refractivity contribution in [3.8, 4) is 0 Å². The second-order valence-electron chi connectivity index (χ2n) is 2.89. The lowest BCUT2D eigenvalue weighted by molar-refractivity contribution is -0.890. The standard InChI is InChI=1S/C5H12NO/c1-5(2)6(3,4)7-5/h1-4H3/q+1. The van der Waals surface area contributed by atoms with Crippen molar-refractivity contribution in [2.24, 2.45) is 0 Å². The van der Waals surface area contributed by atoms with Crippen molar-refractivity contribution in [3.05, 3.63) is 0 Å². The van der Waals surface area contributed by atoms with Gasteiger partial charge in [0.2, 0.25) is 0 Å². The molecule has 1 heterocycles. The predicted octanol–water partition coefficient (Wildman–Crippen LogP) is 0.744. The summed E-state index contributed by atoms with van der Waals surface area (Å²) in [6.07, 6.45) is 0. The molecule has 2 nitrogen and oxygen atoms in total. The summed E-state index contributed by atoms with van der Waals surface area (Å²) in [5, 5.41) is 0. The van der Waals surface area contributed by atoms with Gasteiger partial charge in [0.15, 0.2) is 0 Å². The van der Waals surface area contributed by atoms with Gasteiger partial charge in [-0.25, -0.2) is 0 Å². The van der Waals surface area contributed by atoms with Crippen molar-refractivity contribution in [3.63, 3.8) is 0 Å². The molecule has 0 aliphatic carbocycles. The Bertz CT molecular complexity index is 84.3. The van der Waals surface area contributed by atoms with Crippen molar-refractivity contribution >= 4 is 0 Å². The zero-order chi connectivity index (χ0) is 5.71. The second-order valence-corrected chi connectivity index (χ2v) is 2.89. The van der Waals surface area contributed by atoms with E-state index in [1.165, 1.54) is 0 Å². The molecule has 42 valence electrons. The van der Waals surface area contributed by atoms with Gasteiger partial charge in [-0.2, -0.15) is 0 Å². The summed E-state index contributed by atoms with van der Waals surface area (Å²) in [4.78, 5) is 5.23. The Morgan fingerprint density at radius 3 is 1.43 bits per heavy atom. The van der Waals surface area contributed by atoms with E-state index in [4.69, 9.17) is 4.84 Å². The van der Waals surface area contributed by atoms with E-state index in [0.717, 1.165) is 0 Å². The van der Waals surface area contributed by atoms with Crippen LogP contribution in [-0.4, -0.2) is 24.5 Å². The number of hydrogen-bond donors (Lipinski definition) is 0. The SMILES string of the molecule is CC1(C)O[N+]1(C)C. The molecule has 1 fully saturated rings. The average Bonchev–Trinajstić information content (AvgIpc) is 1.63. The highest BCUT2D eigenvalue weighted by Crippen LogP contribution is 2.39. The van der Waals surface area contributed by atoms with Crippen LogP contribution in [0.25, 0.3) is 0 Å². The Balaban J connectivity index is 2.59. The van der Waals surface area contributed by atoms with Gasteiger partial charge in [-0.3, -0.25) is 0 Å². The minimum atomic E-state index is 0.0833. The third kappa shape index (κ3) is 0.545. The van der Waals surface area contributed by atoms with Gasteiger partial charge in [-0.1, -0.05) is 0 Å². The van der Waals surface area contributed by atoms with Gasteiger partial charge >= 0.3 is 0 Å². The zero-order valence-corrected chi connectivity index (χ0v) is 5.36. The van der Waals surface area contributed by atoms with E-state index in [-0.39, 0.29) is 5.72 Å². The average molecular weight is 102 g/mol. The molecule has 0 unspecified atom stereocenters. The van der Waals surface area contributed by atoms with Crippen molar-refractivity contribution in [1.82, 2.24) is 0 Å². The van der Waals surface area contributed by atoms with Crippen molar-refractivity contribution < 1.29 is 9.48 Å². The molecule has 0 aromatic carbocycles. The molecule has 0 aromatic rings. The van der Waals surface area contributed by atoms with Crippen molar-refractivity contribution in [2.45, 2.75) is 19.6 Å². The first-order chi connectivity index (χ1) is 2.96. The Morgan fingerprint density at radius 2 is 1.43 bits per heavy atom. The monoisotopic (exact) mass is 102 g/mol. The largest absolute Gasteiger partial charge is 0.277 e. The van der Waals surface area contributed by atoms with Gasteiger partial charge in [-0.15, -0.1) is 9.48 Å². The van der Waals surface area contributed by atoms with Crippen LogP contribution in [0.2, 0.25) is 0 Å². The molecule has 1 saturated heterocycles. The molecular formula is C5H12NO+. The van der Waals surface area contributed by atoms with Crippen LogP contribution in [0.3, 0.4) is 0 Å². The molecule has 0 amide bonds. The molecule has 1 aliphatic rings. The fourth-order valence-corrected chi connectivity index (χ4v) is 0.538. The van der Waals surface area contributed by atoms with Crippen molar-refractivity contribution in [1.29, 1.82) is 0 Å². The van der Waals surface area contributed by atoms with Gasteiger partial charge < -0.3 is 0 Å². The van der Waals surface area contributed by atoms with Crippen LogP contribution < -0.4 is 0 Å². The highest BCUT2D eigenvalue weighted by molar-refractivity contribution is 4.56. The fourth-order valence-electron chi connectivity index (χ4n) is 0.538. The quantitative estimate of drug-likeness (QED) is 0.325. The molecule has 1 aliphatic heterocycles. The van der Waals surface area contributed by atoms with E-state index in [0.29, 0.717) is 4.65 Å². The summed E-state index contributed by atoms with van der Waals surface area (Å²) < 4.78 is 0.701. The highest BCUT2D eigenvalue weighted by atomic mass is 16.9. The Labute approximate surface area is 44.2 Å². The van der Waals surface area contributed by atoms with E-state index in [1.54, 1.807) is 0 Å². The Kier molecular flexibility index (Phi) is 0.621. The fraction of sp³-hybridized carbons (Fsp3) is 1.00. The van der Waals surface area contributed by atoms with Crippen LogP contribution in [0.15, 0.2) is 0 Å². The van der Waals surface area contributed by atoms with Gasteiger partial charge in [-0.05, 0) is 0 Å². The summed E-state index contributed by atoms with van der Waals surface area (Å²) in [5.74, 6) is 0. The van der Waals surface area contributed by atoms with Gasteiger partial charge in [0.1, 0.15) is 14.1 Å². The molecule has 0 radical (unpaired) electrons. The number of nitrogens with zero attached hydrogens (tertiary/aromatic N) is 1. The molecule has 0 aromatic heterocycles. The highest BCUT2D eigenvalue weighted by Gasteiger charge is 2.60. The molecule has 0 atom stereocenters. The maximum atomic E-state index is 5.23. The first kappa shape index (κ1) is 5.06. The summed E-state index contributed by atoms with van der Waals surface area (Å²) >= 11 is 0. The summed E-state index contributed by atoms with van der Waals surface area (Å²) in [6, 6.07) is 0. The number of hydroxylamine groups is 3. The molecule has 0 saturated carbocycles. The maximum Gasteiger partial charge on any atom is 0.277 e. The minimum absolute atomic E-state index is 0.0833. The molecule has 0 bridgehead atoms.